The second-order valence-electron chi connectivity index (χ2n) is 8.49. The van der Waals surface area contributed by atoms with Gasteiger partial charge in [0.2, 0.25) is 0 Å². The summed E-state index contributed by atoms with van der Waals surface area (Å²) in [5.41, 5.74) is 7.30. The number of nitrogens with two attached hydrogens (primary N) is 1. The molecule has 2 aliphatic heterocycles. The zero-order valence-corrected chi connectivity index (χ0v) is 20.2. The highest BCUT2D eigenvalue weighted by Gasteiger charge is 2.44. The Morgan fingerprint density at radius 2 is 1.67 bits per heavy atom. The molecule has 0 radical (unpaired) electrons. The van der Waals surface area contributed by atoms with Gasteiger partial charge in [0, 0.05) is 13.1 Å². The summed E-state index contributed by atoms with van der Waals surface area (Å²) in [4.78, 5) is 29.6. The number of esters is 2. The third-order valence-corrected chi connectivity index (χ3v) is 6.49. The van der Waals surface area contributed by atoms with E-state index in [1.54, 1.807) is 36.4 Å². The Morgan fingerprint density at radius 3 is 2.28 bits per heavy atom. The number of nitrogens with zero attached hydrogens (tertiary/aromatic N) is 3. The second-order valence-corrected chi connectivity index (χ2v) is 8.49. The first-order chi connectivity index (χ1) is 17.4. The van der Waals surface area contributed by atoms with E-state index in [2.05, 4.69) is 6.07 Å². The summed E-state index contributed by atoms with van der Waals surface area (Å²) in [6.45, 7) is 1.23. The molecule has 2 heterocycles. The average Bonchev–Trinajstić information content (AvgIpc) is 2.92. The second kappa shape index (κ2) is 10.5. The normalized spacial score (nSPS) is 18.1. The molecule has 1 unspecified atom stereocenters. The van der Waals surface area contributed by atoms with Crippen LogP contribution in [0.1, 0.15) is 30.7 Å². The summed E-state index contributed by atoms with van der Waals surface area (Å²) >= 11 is 0. The summed E-state index contributed by atoms with van der Waals surface area (Å²) in [7, 11) is 2.36. The lowest BCUT2D eigenvalue weighted by atomic mass is 9.81. The Balaban J connectivity index is 2.06. The van der Waals surface area contributed by atoms with E-state index in [9.17, 15) is 14.9 Å². The third-order valence-electron chi connectivity index (χ3n) is 6.49. The molecule has 0 aliphatic carbocycles. The van der Waals surface area contributed by atoms with Crippen molar-refractivity contribution in [2.75, 3.05) is 37.1 Å². The molecule has 1 fully saturated rings. The molecule has 2 aromatic carbocycles. The number of carbonyl (C=O) groups is 2. The van der Waals surface area contributed by atoms with Gasteiger partial charge in [-0.25, -0.2) is 14.0 Å². The van der Waals surface area contributed by atoms with E-state index in [4.69, 9.17) is 15.2 Å². The highest BCUT2D eigenvalue weighted by atomic mass is 19.1. The third kappa shape index (κ3) is 4.26. The molecule has 4 rings (SSSR count). The smallest absolute Gasteiger partial charge is 0.355 e. The van der Waals surface area contributed by atoms with Crippen molar-refractivity contribution in [3.8, 4) is 6.07 Å². The van der Waals surface area contributed by atoms with Gasteiger partial charge in [-0.1, -0.05) is 36.4 Å². The van der Waals surface area contributed by atoms with Crippen molar-refractivity contribution in [3.63, 3.8) is 0 Å². The summed E-state index contributed by atoms with van der Waals surface area (Å²) in [6, 6.07) is 15.3. The van der Waals surface area contributed by atoms with Crippen LogP contribution in [0.2, 0.25) is 0 Å². The van der Waals surface area contributed by atoms with E-state index in [1.165, 1.54) is 31.3 Å². The molecule has 0 aromatic heterocycles. The van der Waals surface area contributed by atoms with Gasteiger partial charge in [0.25, 0.3) is 0 Å². The van der Waals surface area contributed by atoms with Crippen LogP contribution in [0, 0.1) is 17.1 Å². The monoisotopic (exact) mass is 490 g/mol. The van der Waals surface area contributed by atoms with Crippen molar-refractivity contribution in [1.82, 2.24) is 0 Å². The molecule has 1 saturated heterocycles. The standard InChI is InChI=1S/C27H27FN4O4/c1-35-26(33)22-21(17-10-5-3-6-11-17)18(16-29)25(30)32(24(22)27(34)36-2)20-13-9-12-19(28)23(20)31-14-7-4-8-15-31/h3,5-6,9-13,21H,4,7-8,14-15,30H2,1-2H3. The van der Waals surface area contributed by atoms with Gasteiger partial charge in [0.15, 0.2) is 0 Å². The van der Waals surface area contributed by atoms with E-state index in [-0.39, 0.29) is 34.0 Å². The van der Waals surface area contributed by atoms with Crippen LogP contribution in [-0.4, -0.2) is 39.2 Å². The molecule has 9 heteroatoms. The highest BCUT2D eigenvalue weighted by molar-refractivity contribution is 6.07. The van der Waals surface area contributed by atoms with Gasteiger partial charge in [-0.2, -0.15) is 5.26 Å². The van der Waals surface area contributed by atoms with Gasteiger partial charge in [0.05, 0.1) is 48.7 Å². The summed E-state index contributed by atoms with van der Waals surface area (Å²) < 4.78 is 25.5. The van der Waals surface area contributed by atoms with Crippen molar-refractivity contribution in [1.29, 1.82) is 5.26 Å². The number of hydrogen-bond acceptors (Lipinski definition) is 8. The summed E-state index contributed by atoms with van der Waals surface area (Å²) in [5, 5.41) is 10.2. The molecule has 0 amide bonds. The first-order valence-electron chi connectivity index (χ1n) is 11.6. The number of halogens is 1. The molecule has 1 atom stereocenters. The van der Waals surface area contributed by atoms with Crippen LogP contribution in [0.5, 0.6) is 0 Å². The van der Waals surface area contributed by atoms with Crippen LogP contribution in [0.15, 0.2) is 71.2 Å². The van der Waals surface area contributed by atoms with Crippen LogP contribution in [0.25, 0.3) is 0 Å². The first-order valence-corrected chi connectivity index (χ1v) is 11.6. The van der Waals surface area contributed by atoms with Crippen LogP contribution in [0.3, 0.4) is 0 Å². The molecule has 0 bridgehead atoms. The zero-order chi connectivity index (χ0) is 25.8. The fourth-order valence-corrected chi connectivity index (χ4v) is 4.88. The predicted octanol–water partition coefficient (Wildman–Crippen LogP) is 3.71. The molecule has 36 heavy (non-hydrogen) atoms. The minimum Gasteiger partial charge on any atom is -0.466 e. The zero-order valence-electron chi connectivity index (χ0n) is 20.2. The van der Waals surface area contributed by atoms with Crippen LogP contribution in [0.4, 0.5) is 15.8 Å². The number of rotatable bonds is 5. The maximum atomic E-state index is 15.4. The minimum atomic E-state index is -0.985. The Hall–Kier alpha value is -4.32. The van der Waals surface area contributed by atoms with Crippen LogP contribution in [-0.2, 0) is 19.1 Å². The SMILES string of the molecule is COC(=O)C1=C(C(=O)OC)N(c2cccc(F)c2N2CCCCC2)C(N)=C(C#N)C1c1ccccc1. The van der Waals surface area contributed by atoms with Gasteiger partial charge in [-0.05, 0) is 37.0 Å². The van der Waals surface area contributed by atoms with E-state index >= 15 is 4.39 Å². The van der Waals surface area contributed by atoms with Crippen molar-refractivity contribution in [3.05, 3.63) is 82.6 Å². The van der Waals surface area contributed by atoms with Gasteiger partial charge in [-0.15, -0.1) is 0 Å². The van der Waals surface area contributed by atoms with Crippen molar-refractivity contribution in [2.24, 2.45) is 5.73 Å². The lowest BCUT2D eigenvalue weighted by Gasteiger charge is -2.39. The number of nitriles is 1. The van der Waals surface area contributed by atoms with Crippen LogP contribution < -0.4 is 15.5 Å². The van der Waals surface area contributed by atoms with Gasteiger partial charge in [0.1, 0.15) is 17.3 Å². The van der Waals surface area contributed by atoms with Gasteiger partial charge < -0.3 is 20.1 Å². The Labute approximate surface area is 209 Å². The topological polar surface area (TPSA) is 109 Å². The molecule has 2 aliphatic rings. The maximum Gasteiger partial charge on any atom is 0.355 e. The lowest BCUT2D eigenvalue weighted by Crippen LogP contribution is -2.42. The predicted molar refractivity (Wildman–Crippen MR) is 132 cm³/mol. The van der Waals surface area contributed by atoms with E-state index in [0.29, 0.717) is 18.7 Å². The number of hydrogen-bond donors (Lipinski definition) is 1. The number of para-hydroxylation sites is 1. The number of allylic oxidation sites excluding steroid dienone is 1. The number of ether oxygens (including phenoxy) is 2. The van der Waals surface area contributed by atoms with Crippen molar-refractivity contribution < 1.29 is 23.5 Å². The minimum absolute atomic E-state index is 0.0307. The quantitative estimate of drug-likeness (QED) is 0.632. The molecule has 8 nitrogen and oxygen atoms in total. The van der Waals surface area contributed by atoms with E-state index in [0.717, 1.165) is 19.3 Å². The lowest BCUT2D eigenvalue weighted by molar-refractivity contribution is -0.139. The molecular formula is C27H27FN4O4. The molecule has 0 saturated carbocycles. The van der Waals surface area contributed by atoms with Crippen LogP contribution >= 0.6 is 0 Å². The number of methoxy groups -OCH3 is 2. The maximum absolute atomic E-state index is 15.4. The largest absolute Gasteiger partial charge is 0.466 e. The molecule has 2 N–H and O–H groups in total. The Kier molecular flexibility index (Phi) is 7.25. The fraction of sp³-hybridized carbons (Fsp3) is 0.296. The summed E-state index contributed by atoms with van der Waals surface area (Å²) in [6.07, 6.45) is 2.79. The van der Waals surface area contributed by atoms with Gasteiger partial charge >= 0.3 is 11.9 Å². The number of carbonyl (C=O) groups excluding carboxylic acids is 2. The van der Waals surface area contributed by atoms with Gasteiger partial charge in [-0.3, -0.25) is 4.90 Å². The fourth-order valence-electron chi connectivity index (χ4n) is 4.88. The van der Waals surface area contributed by atoms with E-state index in [1.807, 2.05) is 4.90 Å². The Morgan fingerprint density at radius 1 is 1.00 bits per heavy atom. The molecule has 0 spiro atoms. The summed E-state index contributed by atoms with van der Waals surface area (Å²) in [5.74, 6) is -3.28. The number of anilines is 2. The Bertz CT molecular complexity index is 1280. The molecule has 186 valence electrons. The number of benzene rings is 2. The number of piperidine rings is 1. The van der Waals surface area contributed by atoms with Crippen molar-refractivity contribution in [2.45, 2.75) is 25.2 Å². The average molecular weight is 491 g/mol. The first kappa shape index (κ1) is 24.8. The van der Waals surface area contributed by atoms with E-state index < -0.39 is 23.7 Å². The molecular weight excluding hydrogens is 463 g/mol. The highest BCUT2D eigenvalue weighted by Crippen LogP contribution is 2.46. The van der Waals surface area contributed by atoms with Crippen molar-refractivity contribution >= 4 is 23.3 Å². The molecule has 2 aromatic rings.